The normalized spacial score (nSPS) is 9.89. The van der Waals surface area contributed by atoms with E-state index in [9.17, 15) is 9.59 Å². The Morgan fingerprint density at radius 3 is 2.05 bits per heavy atom. The number of anilines is 1. The van der Waals surface area contributed by atoms with Crippen LogP contribution in [0.15, 0.2) is 34.1 Å². The van der Waals surface area contributed by atoms with Gasteiger partial charge in [0.1, 0.15) is 5.57 Å². The first-order valence-corrected chi connectivity index (χ1v) is 8.22. The van der Waals surface area contributed by atoms with Gasteiger partial charge in [0.2, 0.25) is 0 Å². The molecule has 0 heterocycles. The van der Waals surface area contributed by atoms with Gasteiger partial charge in [-0.05, 0) is 43.7 Å². The van der Waals surface area contributed by atoms with Gasteiger partial charge in [-0.3, -0.25) is 9.59 Å². The number of rotatable bonds is 5. The van der Waals surface area contributed by atoms with E-state index in [2.05, 4.69) is 5.32 Å². The number of halogens is 1. The molecule has 6 heteroatoms. The van der Waals surface area contributed by atoms with E-state index < -0.39 is 5.91 Å². The van der Waals surface area contributed by atoms with Crippen molar-refractivity contribution in [2.75, 3.05) is 17.8 Å². The second kappa shape index (κ2) is 7.62. The van der Waals surface area contributed by atoms with Crippen molar-refractivity contribution in [2.24, 2.45) is 0 Å². The highest BCUT2D eigenvalue weighted by Crippen LogP contribution is 2.28. The van der Waals surface area contributed by atoms with Gasteiger partial charge >= 0.3 is 0 Å². The summed E-state index contributed by atoms with van der Waals surface area (Å²) in [6, 6.07) is 6.74. The first kappa shape index (κ1) is 16.1. The molecule has 0 aliphatic rings. The molecule has 0 aliphatic heterocycles. The SMILES string of the molecule is CSC(SC)=C(C(C)=O)C(=O)Nc1ccc(Cl)cc1. The van der Waals surface area contributed by atoms with Crippen LogP contribution in [0.4, 0.5) is 5.69 Å². The van der Waals surface area contributed by atoms with E-state index >= 15 is 0 Å². The highest BCUT2D eigenvalue weighted by atomic mass is 35.5. The number of ketones is 1. The van der Waals surface area contributed by atoms with Gasteiger partial charge in [-0.15, -0.1) is 23.5 Å². The Morgan fingerprint density at radius 1 is 1.11 bits per heavy atom. The van der Waals surface area contributed by atoms with Gasteiger partial charge in [-0.2, -0.15) is 0 Å². The molecule has 0 saturated carbocycles. The van der Waals surface area contributed by atoms with Crippen LogP contribution in [0.25, 0.3) is 0 Å². The average molecular weight is 316 g/mol. The molecule has 19 heavy (non-hydrogen) atoms. The summed E-state index contributed by atoms with van der Waals surface area (Å²) in [5.41, 5.74) is 0.796. The lowest BCUT2D eigenvalue weighted by Crippen LogP contribution is -2.20. The van der Waals surface area contributed by atoms with Gasteiger partial charge in [-0.1, -0.05) is 11.6 Å². The van der Waals surface area contributed by atoms with Crippen molar-refractivity contribution in [2.45, 2.75) is 6.92 Å². The molecule has 0 aromatic heterocycles. The van der Waals surface area contributed by atoms with Crippen LogP contribution in [0.3, 0.4) is 0 Å². The molecule has 0 aliphatic carbocycles. The van der Waals surface area contributed by atoms with Crippen LogP contribution in [-0.4, -0.2) is 24.2 Å². The van der Waals surface area contributed by atoms with Crippen molar-refractivity contribution in [3.8, 4) is 0 Å². The Balaban J connectivity index is 2.99. The van der Waals surface area contributed by atoms with E-state index in [1.54, 1.807) is 24.3 Å². The lowest BCUT2D eigenvalue weighted by Gasteiger charge is -2.10. The van der Waals surface area contributed by atoms with Gasteiger partial charge in [0.25, 0.3) is 5.91 Å². The molecule has 0 radical (unpaired) electrons. The number of thioether (sulfide) groups is 2. The lowest BCUT2D eigenvalue weighted by molar-refractivity contribution is -0.118. The highest BCUT2D eigenvalue weighted by Gasteiger charge is 2.19. The number of carbonyl (C=O) groups excluding carboxylic acids is 2. The number of hydrogen-bond donors (Lipinski definition) is 1. The fraction of sp³-hybridized carbons (Fsp3) is 0.231. The summed E-state index contributed by atoms with van der Waals surface area (Å²) in [5.74, 6) is -0.640. The van der Waals surface area contributed by atoms with E-state index in [-0.39, 0.29) is 11.4 Å². The van der Waals surface area contributed by atoms with E-state index in [1.807, 2.05) is 12.5 Å². The molecule has 0 unspecified atom stereocenters. The summed E-state index contributed by atoms with van der Waals surface area (Å²) < 4.78 is 0.707. The summed E-state index contributed by atoms with van der Waals surface area (Å²) in [5, 5.41) is 3.29. The second-order valence-electron chi connectivity index (χ2n) is 3.59. The molecule has 1 aromatic rings. The van der Waals surface area contributed by atoms with E-state index in [0.29, 0.717) is 14.9 Å². The smallest absolute Gasteiger partial charge is 0.260 e. The van der Waals surface area contributed by atoms with Crippen molar-refractivity contribution in [1.82, 2.24) is 0 Å². The van der Waals surface area contributed by atoms with Crippen molar-refractivity contribution in [1.29, 1.82) is 0 Å². The summed E-state index contributed by atoms with van der Waals surface area (Å²) >= 11 is 8.55. The molecule has 0 spiro atoms. The molecule has 0 bridgehead atoms. The fourth-order valence-electron chi connectivity index (χ4n) is 1.41. The largest absolute Gasteiger partial charge is 0.322 e. The van der Waals surface area contributed by atoms with Crippen molar-refractivity contribution < 1.29 is 9.59 Å². The lowest BCUT2D eigenvalue weighted by atomic mass is 10.2. The van der Waals surface area contributed by atoms with E-state index in [0.717, 1.165) is 0 Å². The maximum Gasteiger partial charge on any atom is 0.260 e. The predicted molar refractivity (Wildman–Crippen MR) is 84.8 cm³/mol. The minimum atomic E-state index is -0.395. The Morgan fingerprint density at radius 2 is 1.63 bits per heavy atom. The topological polar surface area (TPSA) is 46.2 Å². The Hall–Kier alpha value is -0.910. The average Bonchev–Trinajstić information content (AvgIpc) is 2.37. The summed E-state index contributed by atoms with van der Waals surface area (Å²) in [4.78, 5) is 23.8. The molecule has 1 rings (SSSR count). The Kier molecular flexibility index (Phi) is 6.48. The number of amides is 1. The third-order valence-electron chi connectivity index (χ3n) is 2.26. The number of nitrogens with one attached hydrogen (secondary N) is 1. The standard InChI is InChI=1S/C13H14ClNO2S2/c1-8(16)11(13(18-2)19-3)12(17)15-10-6-4-9(14)5-7-10/h4-7H,1-3H3,(H,15,17). The van der Waals surface area contributed by atoms with E-state index in [4.69, 9.17) is 11.6 Å². The minimum absolute atomic E-state index is 0.190. The maximum absolute atomic E-state index is 12.1. The molecule has 3 nitrogen and oxygen atoms in total. The molecule has 0 atom stereocenters. The highest BCUT2D eigenvalue weighted by molar-refractivity contribution is 8.21. The predicted octanol–water partition coefficient (Wildman–Crippen LogP) is 3.81. The van der Waals surface area contributed by atoms with Crippen molar-refractivity contribution in [3.63, 3.8) is 0 Å². The van der Waals surface area contributed by atoms with E-state index in [1.165, 1.54) is 30.4 Å². The zero-order chi connectivity index (χ0) is 14.4. The summed E-state index contributed by atoms with van der Waals surface area (Å²) in [6.45, 7) is 1.39. The summed E-state index contributed by atoms with van der Waals surface area (Å²) in [6.07, 6.45) is 3.68. The Bertz CT molecular complexity index is 506. The van der Waals surface area contributed by atoms with Crippen LogP contribution < -0.4 is 5.32 Å². The van der Waals surface area contributed by atoms with Crippen LogP contribution in [-0.2, 0) is 9.59 Å². The van der Waals surface area contributed by atoms with Crippen LogP contribution >= 0.6 is 35.1 Å². The molecular weight excluding hydrogens is 302 g/mol. The van der Waals surface area contributed by atoms with Gasteiger partial charge < -0.3 is 5.32 Å². The molecular formula is C13H14ClNO2S2. The third-order valence-corrected chi connectivity index (χ3v) is 4.66. The number of benzene rings is 1. The Labute approximate surface area is 126 Å². The second-order valence-corrected chi connectivity index (χ2v) is 5.92. The maximum atomic E-state index is 12.1. The van der Waals surface area contributed by atoms with Crippen LogP contribution in [0.2, 0.25) is 5.02 Å². The van der Waals surface area contributed by atoms with Gasteiger partial charge in [-0.25, -0.2) is 0 Å². The van der Waals surface area contributed by atoms with Gasteiger partial charge in [0.15, 0.2) is 5.78 Å². The zero-order valence-electron chi connectivity index (χ0n) is 10.8. The van der Waals surface area contributed by atoms with Crippen LogP contribution in [0, 0.1) is 0 Å². The van der Waals surface area contributed by atoms with Crippen molar-refractivity contribution >= 4 is 52.5 Å². The number of hydrogen-bond acceptors (Lipinski definition) is 4. The van der Waals surface area contributed by atoms with Crippen LogP contribution in [0.1, 0.15) is 6.92 Å². The quantitative estimate of drug-likeness (QED) is 0.510. The molecule has 1 aromatic carbocycles. The summed E-state index contributed by atoms with van der Waals surface area (Å²) in [7, 11) is 0. The molecule has 0 fully saturated rings. The van der Waals surface area contributed by atoms with Crippen LogP contribution in [0.5, 0.6) is 0 Å². The number of carbonyl (C=O) groups is 2. The molecule has 102 valence electrons. The number of Topliss-reactive ketones (excluding diaryl/α,β-unsaturated/α-hetero) is 1. The monoisotopic (exact) mass is 315 g/mol. The van der Waals surface area contributed by atoms with Crippen molar-refractivity contribution in [3.05, 3.63) is 39.1 Å². The third kappa shape index (κ3) is 4.60. The van der Waals surface area contributed by atoms with Gasteiger partial charge in [0.05, 0.1) is 4.24 Å². The fourth-order valence-corrected chi connectivity index (χ4v) is 3.08. The van der Waals surface area contributed by atoms with Gasteiger partial charge in [0, 0.05) is 10.7 Å². The minimum Gasteiger partial charge on any atom is -0.322 e. The first-order valence-electron chi connectivity index (χ1n) is 5.39. The molecule has 0 saturated heterocycles. The zero-order valence-corrected chi connectivity index (χ0v) is 13.2. The first-order chi connectivity index (χ1) is 8.99. The molecule has 1 amide bonds. The molecule has 1 N–H and O–H groups in total.